The van der Waals surface area contributed by atoms with Crippen molar-refractivity contribution in [1.82, 2.24) is 30.2 Å². The smallest absolute Gasteiger partial charge is 0.386 e. The topological polar surface area (TPSA) is 364 Å². The van der Waals surface area contributed by atoms with E-state index in [4.69, 9.17) is 19.5 Å². The minimum Gasteiger partial charge on any atom is -0.386 e. The van der Waals surface area contributed by atoms with Crippen molar-refractivity contribution in [2.45, 2.75) is 109 Å². The molecular weight excluding hydrogens is 963 g/mol. The number of phosphoric acid groups is 3. The van der Waals surface area contributed by atoms with Crippen LogP contribution in [0.15, 0.2) is 61.3 Å². The molecule has 0 spiro atoms. The molecule has 0 saturated carbocycles. The molecule has 1 saturated heterocycles. The number of phosphoric ester groups is 3. The van der Waals surface area contributed by atoms with Crippen LogP contribution in [0.4, 0.5) is 5.82 Å². The summed E-state index contributed by atoms with van der Waals surface area (Å²) in [4.78, 5) is 88.3. The van der Waals surface area contributed by atoms with Crippen molar-refractivity contribution in [3.63, 3.8) is 0 Å². The number of ether oxygens (including phenoxy) is 1. The molecule has 28 heteroatoms. The summed E-state index contributed by atoms with van der Waals surface area (Å²) in [5.41, 5.74) is 4.27. The van der Waals surface area contributed by atoms with Crippen molar-refractivity contribution < 1.29 is 80.5 Å². The van der Waals surface area contributed by atoms with Crippen molar-refractivity contribution in [3.05, 3.63) is 61.3 Å². The van der Waals surface area contributed by atoms with Gasteiger partial charge in [0.05, 0.1) is 19.5 Å². The molecule has 24 nitrogen and oxygen atoms in total. The van der Waals surface area contributed by atoms with E-state index in [-0.39, 0.29) is 41.6 Å². The minimum atomic E-state index is -5.58. The summed E-state index contributed by atoms with van der Waals surface area (Å²) in [6.45, 7) is 2.63. The van der Waals surface area contributed by atoms with Crippen LogP contribution in [-0.2, 0) is 50.7 Å². The lowest BCUT2D eigenvalue weighted by Crippen LogP contribution is -2.46. The lowest BCUT2D eigenvalue weighted by Gasteiger charge is -2.30. The first-order valence-corrected chi connectivity index (χ1v) is 26.7. The molecule has 1 aliphatic rings. The summed E-state index contributed by atoms with van der Waals surface area (Å²) in [7, 11) is -16.4. The molecule has 0 bridgehead atoms. The lowest BCUT2D eigenvalue weighted by molar-refractivity contribution is -0.137. The highest BCUT2D eigenvalue weighted by Crippen LogP contribution is 2.61. The molecule has 2 amide bonds. The number of aromatic nitrogens is 4. The Morgan fingerprint density at radius 3 is 2.21 bits per heavy atom. The van der Waals surface area contributed by atoms with E-state index >= 15 is 0 Å². The number of amides is 2. The first-order valence-electron chi connectivity index (χ1n) is 21.2. The number of carbonyl (C=O) groups excluding carboxylic acids is 3. The van der Waals surface area contributed by atoms with Crippen LogP contribution in [0.3, 0.4) is 0 Å². The van der Waals surface area contributed by atoms with E-state index in [1.165, 1.54) is 13.8 Å². The Labute approximate surface area is 392 Å². The summed E-state index contributed by atoms with van der Waals surface area (Å²) in [5.74, 6) is -1.08. The average Bonchev–Trinajstić information content (AvgIpc) is 3.81. The van der Waals surface area contributed by atoms with Gasteiger partial charge >= 0.3 is 23.5 Å². The summed E-state index contributed by atoms with van der Waals surface area (Å²) < 4.78 is 62.4. The quantitative estimate of drug-likeness (QED) is 0.0292. The first-order chi connectivity index (χ1) is 31.6. The van der Waals surface area contributed by atoms with Crippen LogP contribution in [0, 0.1) is 5.41 Å². The molecule has 1 aliphatic heterocycles. The van der Waals surface area contributed by atoms with Gasteiger partial charge < -0.3 is 50.9 Å². The van der Waals surface area contributed by atoms with Crippen LogP contribution in [0.25, 0.3) is 11.2 Å². The summed E-state index contributed by atoms with van der Waals surface area (Å²) in [6, 6.07) is 0. The van der Waals surface area contributed by atoms with E-state index in [9.17, 15) is 57.9 Å². The normalized spacial score (nSPS) is 20.6. The van der Waals surface area contributed by atoms with Gasteiger partial charge in [-0.3, -0.25) is 32.5 Å². The molecule has 7 atom stereocenters. The van der Waals surface area contributed by atoms with Gasteiger partial charge in [-0.25, -0.2) is 28.6 Å². The second kappa shape index (κ2) is 28.3. The molecular formula is C39H62N7O17P3S. The van der Waals surface area contributed by atoms with Crippen molar-refractivity contribution in [3.8, 4) is 0 Å². The Balaban J connectivity index is 1.32. The maximum atomic E-state index is 12.7. The second-order valence-electron chi connectivity index (χ2n) is 15.5. The van der Waals surface area contributed by atoms with Gasteiger partial charge in [-0.1, -0.05) is 81.1 Å². The van der Waals surface area contributed by atoms with E-state index in [0.29, 0.717) is 12.2 Å². The van der Waals surface area contributed by atoms with Crippen molar-refractivity contribution >= 4 is 69.1 Å². The number of hydrogen-bond donors (Lipinski definition) is 9. The van der Waals surface area contributed by atoms with E-state index in [1.807, 2.05) is 0 Å². The Kier molecular flexibility index (Phi) is 24.4. The number of carbonyl (C=O) groups is 3. The molecule has 0 radical (unpaired) electrons. The number of thioether (sulfide) groups is 1. The molecule has 3 rings (SSSR count). The predicted molar refractivity (Wildman–Crippen MR) is 246 cm³/mol. The number of imidazole rings is 1. The molecule has 0 aromatic carbocycles. The number of anilines is 1. The van der Waals surface area contributed by atoms with Crippen molar-refractivity contribution in [2.75, 3.05) is 37.8 Å². The fourth-order valence-electron chi connectivity index (χ4n) is 6.00. The summed E-state index contributed by atoms with van der Waals surface area (Å²) in [6.07, 6.45) is 16.9. The average molecular weight is 1030 g/mol. The van der Waals surface area contributed by atoms with Gasteiger partial charge in [-0.15, -0.1) is 0 Å². The van der Waals surface area contributed by atoms with Crippen LogP contribution in [-0.4, -0.2) is 123 Å². The van der Waals surface area contributed by atoms with E-state index in [1.54, 1.807) is 0 Å². The Morgan fingerprint density at radius 1 is 0.910 bits per heavy atom. The van der Waals surface area contributed by atoms with Crippen LogP contribution in [0.2, 0.25) is 0 Å². The molecule has 2 aromatic heterocycles. The molecule has 376 valence electrons. The largest absolute Gasteiger partial charge is 0.481 e. The van der Waals surface area contributed by atoms with E-state index in [0.717, 1.165) is 73.9 Å². The number of nitrogens with two attached hydrogens (primary N) is 1. The minimum absolute atomic E-state index is 0.0244. The molecule has 67 heavy (non-hydrogen) atoms. The lowest BCUT2D eigenvalue weighted by atomic mass is 9.87. The standard InChI is InChI=1S/C39H62N7O17P3S/c1-4-5-6-7-8-9-10-11-12-13-14-15-16-17-18-19-30(48)67-23-22-41-29(47)20-21-42-37(51)34(50)39(2,3)25-60-66(57,58)63-65(55,56)59-24-28-33(62-64(52,53)54)32(49)38(61-28)46-27-45-31-35(40)43-26-44-36(31)46/h5-6,8-9,11-12,14-15,26-28,32-34,38,49-50H,4,7,10,13,16-25H2,1-3H3,(H,41,47)(H,42,51)(H,55,56)(H,57,58)(H2,40,43,44)(H2,52,53,54)/t28-,32?,33+,34+,38-/m1/s1. The molecule has 0 aliphatic carbocycles. The number of nitrogen functional groups attached to an aromatic ring is 1. The number of fused-ring (bicyclic) bond motifs is 1. The van der Waals surface area contributed by atoms with Gasteiger partial charge in [-0.2, -0.15) is 4.31 Å². The van der Waals surface area contributed by atoms with Crippen LogP contribution >= 0.6 is 35.2 Å². The summed E-state index contributed by atoms with van der Waals surface area (Å²) in [5, 5.41) is 26.6. The first kappa shape index (κ1) is 57.8. The van der Waals surface area contributed by atoms with Gasteiger partial charge in [0.15, 0.2) is 22.8 Å². The third-order valence-corrected chi connectivity index (χ3v) is 13.5. The SMILES string of the molecule is CCC=CCC=CCC=CCC=CCCCCC(=O)SCCNC(=O)CCNC(=O)[C@H](O)C(C)(C)COP(=O)(O)OP(=O)(O)OC[C@H]1O[C@@H](n2cnc3c(N)ncnc32)C(O)[C@H]1OP(=O)(O)O. The van der Waals surface area contributed by atoms with E-state index in [2.05, 4.69) is 90.0 Å². The van der Waals surface area contributed by atoms with Gasteiger partial charge in [0.2, 0.25) is 11.8 Å². The van der Waals surface area contributed by atoms with Gasteiger partial charge in [0, 0.05) is 37.1 Å². The Hall–Kier alpha value is -3.48. The number of unbranched alkanes of at least 4 members (excludes halogenated alkanes) is 2. The number of allylic oxidation sites excluding steroid dienone is 8. The number of aliphatic hydroxyl groups excluding tert-OH is 2. The van der Waals surface area contributed by atoms with Gasteiger partial charge in [0.1, 0.15) is 36.3 Å². The van der Waals surface area contributed by atoms with Crippen molar-refractivity contribution in [2.24, 2.45) is 5.41 Å². The highest BCUT2D eigenvalue weighted by molar-refractivity contribution is 8.13. The highest BCUT2D eigenvalue weighted by Gasteiger charge is 2.50. The third-order valence-electron chi connectivity index (χ3n) is 9.49. The zero-order valence-corrected chi connectivity index (χ0v) is 40.8. The zero-order valence-electron chi connectivity index (χ0n) is 37.3. The maximum absolute atomic E-state index is 12.7. The zero-order chi connectivity index (χ0) is 49.7. The number of nitrogens with zero attached hydrogens (tertiary/aromatic N) is 4. The molecule has 3 heterocycles. The van der Waals surface area contributed by atoms with Crippen LogP contribution < -0.4 is 16.4 Å². The number of hydrogen-bond acceptors (Lipinski definition) is 18. The van der Waals surface area contributed by atoms with Gasteiger partial charge in [0.25, 0.3) is 0 Å². The molecule has 10 N–H and O–H groups in total. The van der Waals surface area contributed by atoms with Gasteiger partial charge in [-0.05, 0) is 44.9 Å². The van der Waals surface area contributed by atoms with Crippen molar-refractivity contribution in [1.29, 1.82) is 0 Å². The summed E-state index contributed by atoms with van der Waals surface area (Å²) >= 11 is 1.12. The predicted octanol–water partition coefficient (Wildman–Crippen LogP) is 4.03. The number of rotatable bonds is 31. The third kappa shape index (κ3) is 21.4. The van der Waals surface area contributed by atoms with E-state index < -0.39 is 84.6 Å². The van der Waals surface area contributed by atoms with Crippen LogP contribution in [0.1, 0.15) is 84.8 Å². The number of nitrogens with one attached hydrogen (secondary N) is 2. The molecule has 1 fully saturated rings. The monoisotopic (exact) mass is 1030 g/mol. The maximum Gasteiger partial charge on any atom is 0.481 e. The second-order valence-corrected chi connectivity index (χ2v) is 20.9. The fourth-order valence-corrected chi connectivity index (χ4v) is 9.55. The molecule has 2 aromatic rings. The van der Waals surface area contributed by atoms with Crippen LogP contribution in [0.5, 0.6) is 0 Å². The Bertz CT molecular complexity index is 2190. The molecule has 3 unspecified atom stereocenters. The fraction of sp³-hybridized carbons (Fsp3) is 0.590. The highest BCUT2D eigenvalue weighted by atomic mass is 32.2. The Morgan fingerprint density at radius 2 is 1.55 bits per heavy atom. The number of aliphatic hydroxyl groups is 2.